The Morgan fingerprint density at radius 3 is 1.24 bits per heavy atom. The number of hydrogen-bond acceptors (Lipinski definition) is 1. The van der Waals surface area contributed by atoms with E-state index in [1.54, 1.807) is 0 Å². The predicted molar refractivity (Wildman–Crippen MR) is 212 cm³/mol. The van der Waals surface area contributed by atoms with Crippen molar-refractivity contribution < 1.29 is 21.1 Å². The average molecular weight is 709 g/mol. The molecule has 0 unspecified atom stereocenters. The molecule has 0 spiro atoms. The fraction of sp³-hybridized carbons (Fsp3) is 0.386. The van der Waals surface area contributed by atoms with Crippen molar-refractivity contribution in [1.82, 2.24) is 0 Å². The Hall–Kier alpha value is -2.63. The minimum Gasteiger partial charge on any atom is -0.388 e. The molecule has 0 aliphatic rings. The van der Waals surface area contributed by atoms with Gasteiger partial charge in [-0.05, 0) is 53.6 Å². The second-order valence-electron chi connectivity index (χ2n) is 10.8. The van der Waals surface area contributed by atoms with Gasteiger partial charge in [-0.3, -0.25) is 0 Å². The van der Waals surface area contributed by atoms with Gasteiger partial charge in [0.25, 0.3) is 0 Å². The summed E-state index contributed by atoms with van der Waals surface area (Å²) in [5, 5.41) is 3.09. The second-order valence-corrected chi connectivity index (χ2v) is 10.8. The molecule has 46 heavy (non-hydrogen) atoms. The summed E-state index contributed by atoms with van der Waals surface area (Å²) in [7, 11) is 1.93. The molecule has 0 aliphatic carbocycles. The summed E-state index contributed by atoms with van der Waals surface area (Å²) in [6.07, 6.45) is 3.39. The largest absolute Gasteiger partial charge is 3.00 e. The number of aryl methyl sites for hydroxylation is 2. The molecule has 0 saturated carbocycles. The van der Waals surface area contributed by atoms with Gasteiger partial charge in [-0.2, -0.15) is 27.2 Å². The first kappa shape index (κ1) is 52.9. The molecule has 0 aromatic heterocycles. The second kappa shape index (κ2) is 38.6. The minimum absolute atomic E-state index is 0. The van der Waals surface area contributed by atoms with Crippen molar-refractivity contribution in [2.24, 2.45) is 0 Å². The van der Waals surface area contributed by atoms with Crippen LogP contribution >= 0.6 is 0 Å². The summed E-state index contributed by atoms with van der Waals surface area (Å²) in [5.41, 5.74) is 7.88. The van der Waals surface area contributed by atoms with E-state index in [0.717, 1.165) is 12.8 Å². The monoisotopic (exact) mass is 710 g/mol. The van der Waals surface area contributed by atoms with Gasteiger partial charge in [-0.15, -0.1) is 0 Å². The van der Waals surface area contributed by atoms with Crippen LogP contribution < -0.4 is 5.32 Å². The van der Waals surface area contributed by atoms with Crippen molar-refractivity contribution in [3.05, 3.63) is 146 Å². The maximum Gasteiger partial charge on any atom is 3.00 e. The van der Waals surface area contributed by atoms with Crippen molar-refractivity contribution in [1.29, 1.82) is 0 Å². The summed E-state index contributed by atoms with van der Waals surface area (Å²) in [6, 6.07) is 38.0. The first-order valence-corrected chi connectivity index (χ1v) is 16.6. The Labute approximate surface area is 303 Å². The summed E-state index contributed by atoms with van der Waals surface area (Å²) in [5.74, 6) is 2.04. The van der Waals surface area contributed by atoms with Crippen LogP contribution in [0.25, 0.3) is 11.1 Å². The summed E-state index contributed by atoms with van der Waals surface area (Å²) >= 11 is 0. The van der Waals surface area contributed by atoms with Crippen LogP contribution in [0.2, 0.25) is 0 Å². The topological polar surface area (TPSA) is 12.0 Å². The van der Waals surface area contributed by atoms with E-state index in [2.05, 4.69) is 172 Å². The molecule has 1 N–H and O–H groups in total. The van der Waals surface area contributed by atoms with Gasteiger partial charge in [0.1, 0.15) is 0 Å². The maximum absolute atomic E-state index is 3.49. The maximum atomic E-state index is 3.49. The van der Waals surface area contributed by atoms with Crippen molar-refractivity contribution >= 4 is 5.69 Å². The van der Waals surface area contributed by atoms with Crippen LogP contribution in [-0.4, -0.2) is 7.05 Å². The van der Waals surface area contributed by atoms with Crippen molar-refractivity contribution in [2.75, 3.05) is 12.4 Å². The molecule has 1 nitrogen and oxygen atoms in total. The van der Waals surface area contributed by atoms with E-state index in [1.807, 2.05) is 40.0 Å². The fourth-order valence-corrected chi connectivity index (χ4v) is 3.12. The van der Waals surface area contributed by atoms with Crippen molar-refractivity contribution in [3.63, 3.8) is 0 Å². The van der Waals surface area contributed by atoms with Crippen LogP contribution in [0.4, 0.5) is 5.69 Å². The van der Waals surface area contributed by atoms with Gasteiger partial charge in [0, 0.05) is 12.7 Å². The molecule has 0 fully saturated rings. The Balaban J connectivity index is -0.000000154. The Bertz CT molecular complexity index is 1030. The van der Waals surface area contributed by atoms with Crippen LogP contribution in [0, 0.1) is 27.2 Å². The molecule has 0 aliphatic heterocycles. The zero-order valence-corrected chi connectivity index (χ0v) is 34.2. The Morgan fingerprint density at radius 2 is 0.978 bits per heavy atom. The number of hydrogen-bond donors (Lipinski definition) is 1. The molecular weight excluding hydrogens is 638 g/mol. The van der Waals surface area contributed by atoms with E-state index >= 15 is 0 Å². The Kier molecular flexibility index (Phi) is 44.3. The first-order valence-electron chi connectivity index (χ1n) is 16.6. The van der Waals surface area contributed by atoms with Gasteiger partial charge >= 0.3 is 21.1 Å². The quantitative estimate of drug-likeness (QED) is 0.164. The zero-order valence-electron chi connectivity index (χ0n) is 32.2. The van der Waals surface area contributed by atoms with Crippen LogP contribution in [0.3, 0.4) is 0 Å². The smallest absolute Gasteiger partial charge is 0.388 e. The number of anilines is 1. The normalized spacial score (nSPS) is 8.52. The third kappa shape index (κ3) is 32.8. The van der Waals surface area contributed by atoms with Gasteiger partial charge < -0.3 is 25.6 Å². The molecule has 0 atom stereocenters. The molecule has 4 rings (SSSR count). The molecular formula is C44H70MoN. The van der Waals surface area contributed by atoms with E-state index in [1.165, 1.54) is 45.8 Å². The van der Waals surface area contributed by atoms with Crippen LogP contribution in [0.15, 0.2) is 109 Å². The first-order chi connectivity index (χ1) is 21.1. The van der Waals surface area contributed by atoms with Crippen LogP contribution in [0.5, 0.6) is 0 Å². The van der Waals surface area contributed by atoms with E-state index in [0.29, 0.717) is 5.92 Å². The molecule has 4 aromatic rings. The van der Waals surface area contributed by atoms with E-state index < -0.39 is 0 Å². The van der Waals surface area contributed by atoms with Gasteiger partial charge in [-0.1, -0.05) is 164 Å². The van der Waals surface area contributed by atoms with E-state index in [-0.39, 0.29) is 28.5 Å². The SMILES string of the molecule is CC.CCC.CCc1ccc(C)cc1.CNc1ccc(C(C)C)cc1.C[C-](C)C.[CH2-]CC.[CH3-].[Mo+3].c1ccc(-c2ccccc2)cc1. The molecule has 257 valence electrons. The summed E-state index contributed by atoms with van der Waals surface area (Å²) < 4.78 is 0. The van der Waals surface area contributed by atoms with Gasteiger partial charge in [0.15, 0.2) is 0 Å². The van der Waals surface area contributed by atoms with Gasteiger partial charge in [0.05, 0.1) is 0 Å². The van der Waals surface area contributed by atoms with Crippen molar-refractivity contribution in [3.8, 4) is 11.1 Å². The number of nitrogens with one attached hydrogen (secondary N) is 1. The third-order valence-electron chi connectivity index (χ3n) is 5.28. The molecule has 0 saturated heterocycles. The molecule has 0 heterocycles. The van der Waals surface area contributed by atoms with Crippen molar-refractivity contribution in [2.45, 2.75) is 108 Å². The molecule has 4 aromatic carbocycles. The number of rotatable bonds is 4. The predicted octanol–water partition coefficient (Wildman–Crippen LogP) is 14.5. The average Bonchev–Trinajstić information content (AvgIpc) is 3.04. The molecule has 2 heteroatoms. The minimum atomic E-state index is 0. The summed E-state index contributed by atoms with van der Waals surface area (Å²) in [4.78, 5) is 0. The van der Waals surface area contributed by atoms with Crippen LogP contribution in [-0.2, 0) is 27.5 Å². The third-order valence-corrected chi connectivity index (χ3v) is 5.28. The van der Waals surface area contributed by atoms with Gasteiger partial charge in [-0.25, -0.2) is 0 Å². The number of benzene rings is 4. The molecule has 1 radical (unpaired) electrons. The van der Waals surface area contributed by atoms with E-state index in [9.17, 15) is 0 Å². The zero-order chi connectivity index (χ0) is 34.2. The fourth-order valence-electron chi connectivity index (χ4n) is 3.12. The Morgan fingerprint density at radius 1 is 0.652 bits per heavy atom. The van der Waals surface area contributed by atoms with E-state index in [4.69, 9.17) is 0 Å². The van der Waals surface area contributed by atoms with Gasteiger partial charge in [0.2, 0.25) is 0 Å². The molecule has 0 bridgehead atoms. The summed E-state index contributed by atoms with van der Waals surface area (Å²) in [6.45, 7) is 28.7. The standard InChI is InChI=1S/C12H10.C10H15N.C9H12.C4H9.C3H8.C3H7.C2H6.CH3.Mo/c1-3-7-11(8-4-1)12-9-5-2-6-10-12;1-8(2)9-4-6-10(11-3)7-5-9;1-3-9-6-4-8(2)5-7-9;1-4(2)3;2*1-3-2;1-2;;/h1-10H;4-8,11H,1-3H3;4-7H,3H2,1-2H3;1-3H3;3H2,1-2H3;1,3H2,2H3;1-2H3;1H3;/q;;;-1;;-1;;-1;+3. The van der Waals surface area contributed by atoms with Crippen LogP contribution in [0.1, 0.15) is 112 Å². The molecule has 0 amide bonds.